The van der Waals surface area contributed by atoms with E-state index in [-0.39, 0.29) is 0 Å². The van der Waals surface area contributed by atoms with Gasteiger partial charge in [-0.25, -0.2) is 0 Å². The van der Waals surface area contributed by atoms with Crippen molar-refractivity contribution < 1.29 is 0 Å². The standard InChI is InChI=1S/C15H32.C2H4/c1-7-13(4)9-11-15(6)14(5)10-8-12(2)3;1-2/h12-15H,7-11H2,1-6H3;1-2H2. The molecule has 3 unspecified atom stereocenters. The van der Waals surface area contributed by atoms with Crippen LogP contribution in [0.4, 0.5) is 0 Å². The smallest absolute Gasteiger partial charge is 0.0417 e. The Labute approximate surface area is 111 Å². The van der Waals surface area contributed by atoms with Crippen LogP contribution >= 0.6 is 0 Å². The lowest BCUT2D eigenvalue weighted by Crippen LogP contribution is -2.10. The monoisotopic (exact) mass is 240 g/mol. The normalized spacial score (nSPS) is 15.9. The van der Waals surface area contributed by atoms with Gasteiger partial charge in [0.2, 0.25) is 0 Å². The molecule has 0 spiro atoms. The van der Waals surface area contributed by atoms with Crippen molar-refractivity contribution in [2.75, 3.05) is 0 Å². The SMILES string of the molecule is C=C.CCC(C)CCC(C)C(C)CCC(C)C. The predicted octanol–water partition coefficient (Wildman–Crippen LogP) is 6.32. The average molecular weight is 240 g/mol. The van der Waals surface area contributed by atoms with E-state index in [1.165, 1.54) is 32.1 Å². The second-order valence-electron chi connectivity index (χ2n) is 6.02. The number of hydrogen-bond donors (Lipinski definition) is 0. The van der Waals surface area contributed by atoms with E-state index in [1.54, 1.807) is 0 Å². The minimum absolute atomic E-state index is 0.870. The Kier molecular flexibility index (Phi) is 13.7. The van der Waals surface area contributed by atoms with Crippen LogP contribution in [0.1, 0.15) is 73.6 Å². The van der Waals surface area contributed by atoms with E-state index in [0.717, 1.165) is 23.7 Å². The molecule has 0 rings (SSSR count). The summed E-state index contributed by atoms with van der Waals surface area (Å²) >= 11 is 0. The molecular formula is C17H36. The van der Waals surface area contributed by atoms with Crippen LogP contribution in [-0.4, -0.2) is 0 Å². The molecule has 0 aromatic carbocycles. The van der Waals surface area contributed by atoms with Crippen molar-refractivity contribution in [1.82, 2.24) is 0 Å². The molecular weight excluding hydrogens is 204 g/mol. The Morgan fingerprint density at radius 1 is 0.706 bits per heavy atom. The summed E-state index contributed by atoms with van der Waals surface area (Å²) < 4.78 is 0. The fourth-order valence-electron chi connectivity index (χ4n) is 1.92. The zero-order valence-electron chi connectivity index (χ0n) is 13.3. The first kappa shape index (κ1) is 19.1. The summed E-state index contributed by atoms with van der Waals surface area (Å²) in [5.74, 6) is 3.62. The van der Waals surface area contributed by atoms with E-state index in [0.29, 0.717) is 0 Å². The van der Waals surface area contributed by atoms with Crippen molar-refractivity contribution in [2.45, 2.75) is 73.6 Å². The van der Waals surface area contributed by atoms with E-state index in [4.69, 9.17) is 0 Å². The Morgan fingerprint density at radius 3 is 1.47 bits per heavy atom. The predicted molar refractivity (Wildman–Crippen MR) is 82.3 cm³/mol. The van der Waals surface area contributed by atoms with Crippen molar-refractivity contribution in [2.24, 2.45) is 23.7 Å². The molecule has 0 heterocycles. The van der Waals surface area contributed by atoms with Gasteiger partial charge in [0.15, 0.2) is 0 Å². The molecule has 0 fully saturated rings. The van der Waals surface area contributed by atoms with Crippen molar-refractivity contribution in [3.05, 3.63) is 13.2 Å². The molecule has 0 aliphatic carbocycles. The molecule has 0 amide bonds. The van der Waals surface area contributed by atoms with Gasteiger partial charge in [0.1, 0.15) is 0 Å². The maximum atomic E-state index is 3.00. The zero-order valence-corrected chi connectivity index (χ0v) is 13.3. The van der Waals surface area contributed by atoms with E-state index in [2.05, 4.69) is 54.7 Å². The lowest BCUT2D eigenvalue weighted by molar-refractivity contribution is 0.298. The van der Waals surface area contributed by atoms with Crippen molar-refractivity contribution in [3.8, 4) is 0 Å². The summed E-state index contributed by atoms with van der Waals surface area (Å²) in [6.45, 7) is 20.2. The summed E-state index contributed by atoms with van der Waals surface area (Å²) in [4.78, 5) is 0. The van der Waals surface area contributed by atoms with Gasteiger partial charge in [0.05, 0.1) is 0 Å². The summed E-state index contributed by atoms with van der Waals surface area (Å²) in [6.07, 6.45) is 7.00. The highest BCUT2D eigenvalue weighted by molar-refractivity contribution is 4.65. The number of rotatable bonds is 8. The molecule has 0 N–H and O–H groups in total. The highest BCUT2D eigenvalue weighted by atomic mass is 14.2. The van der Waals surface area contributed by atoms with Crippen LogP contribution in [0.3, 0.4) is 0 Å². The lowest BCUT2D eigenvalue weighted by atomic mass is 9.84. The first-order valence-electron chi connectivity index (χ1n) is 7.47. The number of hydrogen-bond acceptors (Lipinski definition) is 0. The first-order valence-corrected chi connectivity index (χ1v) is 7.47. The van der Waals surface area contributed by atoms with Crippen LogP contribution < -0.4 is 0 Å². The van der Waals surface area contributed by atoms with Crippen LogP contribution in [-0.2, 0) is 0 Å². The van der Waals surface area contributed by atoms with Gasteiger partial charge in [-0.1, -0.05) is 73.6 Å². The van der Waals surface area contributed by atoms with Gasteiger partial charge in [0.25, 0.3) is 0 Å². The molecule has 104 valence electrons. The summed E-state index contributed by atoms with van der Waals surface area (Å²) in [7, 11) is 0. The molecule has 0 aromatic heterocycles. The van der Waals surface area contributed by atoms with Crippen LogP contribution in [0.25, 0.3) is 0 Å². The molecule has 0 saturated carbocycles. The van der Waals surface area contributed by atoms with E-state index < -0.39 is 0 Å². The zero-order chi connectivity index (χ0) is 13.8. The Morgan fingerprint density at radius 2 is 1.12 bits per heavy atom. The topological polar surface area (TPSA) is 0 Å². The van der Waals surface area contributed by atoms with Gasteiger partial charge in [-0.2, -0.15) is 0 Å². The highest BCUT2D eigenvalue weighted by Crippen LogP contribution is 2.25. The van der Waals surface area contributed by atoms with Crippen molar-refractivity contribution >= 4 is 0 Å². The Hall–Kier alpha value is -0.260. The maximum Gasteiger partial charge on any atom is -0.0417 e. The average Bonchev–Trinajstić information content (AvgIpc) is 2.34. The quantitative estimate of drug-likeness (QED) is 0.435. The molecule has 0 nitrogen and oxygen atoms in total. The van der Waals surface area contributed by atoms with Gasteiger partial charge in [-0.15, -0.1) is 13.2 Å². The van der Waals surface area contributed by atoms with Gasteiger partial charge < -0.3 is 0 Å². The van der Waals surface area contributed by atoms with Crippen LogP contribution in [0.15, 0.2) is 13.2 Å². The molecule has 17 heavy (non-hydrogen) atoms. The summed E-state index contributed by atoms with van der Waals surface area (Å²) in [6, 6.07) is 0. The van der Waals surface area contributed by atoms with Gasteiger partial charge >= 0.3 is 0 Å². The second-order valence-corrected chi connectivity index (χ2v) is 6.02. The van der Waals surface area contributed by atoms with Crippen LogP contribution in [0.2, 0.25) is 0 Å². The van der Waals surface area contributed by atoms with Gasteiger partial charge in [-0.05, 0) is 23.7 Å². The molecule has 0 radical (unpaired) electrons. The van der Waals surface area contributed by atoms with Crippen molar-refractivity contribution in [3.63, 3.8) is 0 Å². The highest BCUT2D eigenvalue weighted by Gasteiger charge is 2.13. The molecule has 0 heteroatoms. The summed E-state index contributed by atoms with van der Waals surface area (Å²) in [5.41, 5.74) is 0. The molecule has 3 atom stereocenters. The second kappa shape index (κ2) is 12.2. The molecule has 0 saturated heterocycles. The molecule has 0 aromatic rings. The molecule has 0 bridgehead atoms. The first-order chi connectivity index (χ1) is 7.97. The van der Waals surface area contributed by atoms with E-state index in [9.17, 15) is 0 Å². The van der Waals surface area contributed by atoms with Crippen LogP contribution in [0, 0.1) is 23.7 Å². The summed E-state index contributed by atoms with van der Waals surface area (Å²) in [5, 5.41) is 0. The minimum Gasteiger partial charge on any atom is -0.106 e. The third kappa shape index (κ3) is 12.0. The molecule has 0 aliphatic heterocycles. The largest absolute Gasteiger partial charge is 0.106 e. The fraction of sp³-hybridized carbons (Fsp3) is 0.882. The fourth-order valence-corrected chi connectivity index (χ4v) is 1.92. The third-order valence-corrected chi connectivity index (χ3v) is 3.98. The minimum atomic E-state index is 0.870. The van der Waals surface area contributed by atoms with E-state index >= 15 is 0 Å². The van der Waals surface area contributed by atoms with Crippen LogP contribution in [0.5, 0.6) is 0 Å². The third-order valence-electron chi connectivity index (χ3n) is 3.98. The van der Waals surface area contributed by atoms with Gasteiger partial charge in [0, 0.05) is 0 Å². The van der Waals surface area contributed by atoms with Gasteiger partial charge in [-0.3, -0.25) is 0 Å². The van der Waals surface area contributed by atoms with Crippen molar-refractivity contribution in [1.29, 1.82) is 0 Å². The Bertz CT molecular complexity index is 148. The molecule has 0 aliphatic rings. The lowest BCUT2D eigenvalue weighted by Gasteiger charge is -2.22. The Balaban J connectivity index is 0. The van der Waals surface area contributed by atoms with E-state index in [1.807, 2.05) is 0 Å². The maximum absolute atomic E-state index is 3.00.